The number of sulfonamides is 1. The van der Waals surface area contributed by atoms with Crippen molar-refractivity contribution in [2.75, 3.05) is 18.8 Å². The largest absolute Gasteiger partial charge is 0.507 e. The summed E-state index contributed by atoms with van der Waals surface area (Å²) in [6.07, 6.45) is 0. The third kappa shape index (κ3) is 3.93. The van der Waals surface area contributed by atoms with Gasteiger partial charge in [-0.25, -0.2) is 13.6 Å². The standard InChI is InChI=1S/C25H20N2O8S/c1-33-17-4-2-3-14(11-17)22-21(23(28)15-5-10-19-20(12-15)35-13-34-19)24(29)25(30)27(22)16-6-8-18(9-7-16)36(26,31)32/h2-12,22,28H,13H2,1H3,(H2,26,31,32)/b23-21-. The normalized spacial score (nSPS) is 18.5. The summed E-state index contributed by atoms with van der Waals surface area (Å²) < 4.78 is 39.4. The highest BCUT2D eigenvalue weighted by atomic mass is 32.2. The van der Waals surface area contributed by atoms with E-state index < -0.39 is 33.5 Å². The molecule has 3 N–H and O–H groups in total. The number of rotatable bonds is 5. The monoisotopic (exact) mass is 508 g/mol. The van der Waals surface area contributed by atoms with E-state index >= 15 is 0 Å². The Morgan fingerprint density at radius 3 is 2.44 bits per heavy atom. The molecule has 1 amide bonds. The number of nitrogens with two attached hydrogens (primary N) is 1. The number of hydrogen-bond acceptors (Lipinski definition) is 8. The van der Waals surface area contributed by atoms with Crippen LogP contribution in [0, 0.1) is 0 Å². The Morgan fingerprint density at radius 2 is 1.75 bits per heavy atom. The van der Waals surface area contributed by atoms with Gasteiger partial charge in [-0.05, 0) is 60.2 Å². The van der Waals surface area contributed by atoms with Crippen LogP contribution in [0.3, 0.4) is 0 Å². The van der Waals surface area contributed by atoms with E-state index in [4.69, 9.17) is 19.3 Å². The maximum absolute atomic E-state index is 13.3. The summed E-state index contributed by atoms with van der Waals surface area (Å²) in [5.74, 6) is -0.841. The maximum atomic E-state index is 13.3. The van der Waals surface area contributed by atoms with E-state index in [-0.39, 0.29) is 28.5 Å². The zero-order valence-electron chi connectivity index (χ0n) is 18.9. The molecule has 1 saturated heterocycles. The lowest BCUT2D eigenvalue weighted by atomic mass is 9.95. The Labute approximate surface area is 206 Å². The predicted molar refractivity (Wildman–Crippen MR) is 128 cm³/mol. The molecule has 0 aromatic heterocycles. The van der Waals surface area contributed by atoms with Crippen LogP contribution in [-0.2, 0) is 19.6 Å². The third-order valence-electron chi connectivity index (χ3n) is 5.94. The molecule has 36 heavy (non-hydrogen) atoms. The maximum Gasteiger partial charge on any atom is 0.300 e. The molecule has 2 aliphatic heterocycles. The number of primary sulfonamides is 1. The molecule has 2 heterocycles. The molecule has 11 heteroatoms. The Hall–Kier alpha value is -4.35. The highest BCUT2D eigenvalue weighted by molar-refractivity contribution is 7.89. The molecule has 3 aromatic rings. The molecule has 10 nitrogen and oxygen atoms in total. The number of anilines is 1. The van der Waals surface area contributed by atoms with Crippen LogP contribution in [0.15, 0.2) is 77.2 Å². The van der Waals surface area contributed by atoms with E-state index in [1.165, 1.54) is 42.3 Å². The minimum atomic E-state index is -3.97. The first-order valence-corrected chi connectivity index (χ1v) is 12.2. The quantitative estimate of drug-likeness (QED) is 0.304. The van der Waals surface area contributed by atoms with Gasteiger partial charge in [-0.15, -0.1) is 0 Å². The van der Waals surface area contributed by atoms with Crippen LogP contribution in [0.25, 0.3) is 5.76 Å². The Bertz CT molecular complexity index is 1530. The fourth-order valence-corrected chi connectivity index (χ4v) is 4.74. The number of carbonyl (C=O) groups excluding carboxylic acids is 2. The van der Waals surface area contributed by atoms with Crippen LogP contribution in [-0.4, -0.2) is 39.1 Å². The number of aliphatic hydroxyl groups excluding tert-OH is 1. The first-order chi connectivity index (χ1) is 17.2. The molecule has 5 rings (SSSR count). The summed E-state index contributed by atoms with van der Waals surface area (Å²) in [4.78, 5) is 27.6. The average molecular weight is 509 g/mol. The van der Waals surface area contributed by atoms with Gasteiger partial charge >= 0.3 is 0 Å². The van der Waals surface area contributed by atoms with Crippen LogP contribution in [0.4, 0.5) is 5.69 Å². The number of ether oxygens (including phenoxy) is 3. The second-order valence-corrected chi connectivity index (χ2v) is 9.61. The molecule has 1 fully saturated rings. The van der Waals surface area contributed by atoms with Crippen molar-refractivity contribution in [1.29, 1.82) is 0 Å². The highest BCUT2D eigenvalue weighted by Crippen LogP contribution is 2.44. The van der Waals surface area contributed by atoms with Gasteiger partial charge in [-0.1, -0.05) is 12.1 Å². The van der Waals surface area contributed by atoms with Crippen LogP contribution in [0.5, 0.6) is 17.2 Å². The summed E-state index contributed by atoms with van der Waals surface area (Å²) in [5.41, 5.74) is 0.839. The molecular formula is C25H20N2O8S. The smallest absolute Gasteiger partial charge is 0.300 e. The highest BCUT2D eigenvalue weighted by Gasteiger charge is 2.47. The Balaban J connectivity index is 1.69. The first kappa shape index (κ1) is 23.4. The molecule has 0 saturated carbocycles. The van der Waals surface area contributed by atoms with Gasteiger partial charge in [0.25, 0.3) is 11.7 Å². The molecule has 0 spiro atoms. The van der Waals surface area contributed by atoms with Crippen LogP contribution in [0.1, 0.15) is 17.2 Å². The van der Waals surface area contributed by atoms with Crippen molar-refractivity contribution in [3.8, 4) is 17.2 Å². The van der Waals surface area contributed by atoms with Crippen molar-refractivity contribution in [2.24, 2.45) is 5.14 Å². The number of benzene rings is 3. The zero-order valence-corrected chi connectivity index (χ0v) is 19.7. The molecule has 3 aromatic carbocycles. The number of hydrogen-bond donors (Lipinski definition) is 2. The lowest BCUT2D eigenvalue weighted by Gasteiger charge is -2.26. The minimum Gasteiger partial charge on any atom is -0.507 e. The minimum absolute atomic E-state index is 0.0300. The number of aliphatic hydroxyl groups is 1. The van der Waals surface area contributed by atoms with Gasteiger partial charge < -0.3 is 19.3 Å². The van der Waals surface area contributed by atoms with Gasteiger partial charge in [0, 0.05) is 11.3 Å². The summed E-state index contributed by atoms with van der Waals surface area (Å²) in [6, 6.07) is 15.6. The van der Waals surface area contributed by atoms with Crippen LogP contribution >= 0.6 is 0 Å². The summed E-state index contributed by atoms with van der Waals surface area (Å²) >= 11 is 0. The van der Waals surface area contributed by atoms with Gasteiger partial charge in [0.2, 0.25) is 16.8 Å². The third-order valence-corrected chi connectivity index (χ3v) is 6.87. The van der Waals surface area contributed by atoms with Crippen molar-refractivity contribution < 1.29 is 37.3 Å². The molecule has 0 bridgehead atoms. The van der Waals surface area contributed by atoms with Crippen molar-refractivity contribution >= 4 is 33.2 Å². The number of carbonyl (C=O) groups is 2. The number of nitrogens with zero attached hydrogens (tertiary/aromatic N) is 1. The number of amides is 1. The predicted octanol–water partition coefficient (Wildman–Crippen LogP) is 2.70. The number of fused-ring (bicyclic) bond motifs is 1. The summed E-state index contributed by atoms with van der Waals surface area (Å²) in [6.45, 7) is 0.0300. The lowest BCUT2D eigenvalue weighted by Crippen LogP contribution is -2.29. The number of methoxy groups -OCH3 is 1. The van der Waals surface area contributed by atoms with Crippen LogP contribution in [0.2, 0.25) is 0 Å². The molecule has 1 unspecified atom stereocenters. The summed E-state index contributed by atoms with van der Waals surface area (Å²) in [7, 11) is -2.48. The topological polar surface area (TPSA) is 145 Å². The first-order valence-electron chi connectivity index (χ1n) is 10.7. The summed E-state index contributed by atoms with van der Waals surface area (Å²) in [5, 5.41) is 16.5. The molecule has 0 aliphatic carbocycles. The van der Waals surface area contributed by atoms with E-state index in [9.17, 15) is 23.1 Å². The van der Waals surface area contributed by atoms with Crippen LogP contribution < -0.4 is 24.2 Å². The van der Waals surface area contributed by atoms with Gasteiger partial charge in [0.15, 0.2) is 11.5 Å². The second-order valence-electron chi connectivity index (χ2n) is 8.05. The van der Waals surface area contributed by atoms with Crippen molar-refractivity contribution in [3.05, 3.63) is 83.4 Å². The van der Waals surface area contributed by atoms with Gasteiger partial charge in [0.05, 0.1) is 23.6 Å². The van der Waals surface area contributed by atoms with Crippen molar-refractivity contribution in [2.45, 2.75) is 10.9 Å². The SMILES string of the molecule is COc1cccc(C2/C(=C(/O)c3ccc4c(c3)OCO4)C(=O)C(=O)N2c2ccc(S(N)(=O)=O)cc2)c1. The van der Waals surface area contributed by atoms with E-state index in [1.807, 2.05) is 0 Å². The van der Waals surface area contributed by atoms with Gasteiger partial charge in [-0.3, -0.25) is 14.5 Å². The van der Waals surface area contributed by atoms with E-state index in [1.54, 1.807) is 36.4 Å². The average Bonchev–Trinajstić information content (AvgIpc) is 3.45. The zero-order chi connectivity index (χ0) is 25.6. The fraction of sp³-hybridized carbons (Fsp3) is 0.120. The number of Topliss-reactive ketones (excluding diaryl/α,β-unsaturated/α-hetero) is 1. The van der Waals surface area contributed by atoms with Gasteiger partial charge in [0.1, 0.15) is 11.5 Å². The van der Waals surface area contributed by atoms with E-state index in [0.717, 1.165) is 0 Å². The lowest BCUT2D eigenvalue weighted by molar-refractivity contribution is -0.132. The molecule has 1 atom stereocenters. The Kier molecular flexibility index (Phi) is 5.65. The van der Waals surface area contributed by atoms with Crippen molar-refractivity contribution in [1.82, 2.24) is 0 Å². The fourth-order valence-electron chi connectivity index (χ4n) is 4.22. The number of ketones is 1. The van der Waals surface area contributed by atoms with E-state index in [2.05, 4.69) is 0 Å². The molecule has 184 valence electrons. The molecule has 0 radical (unpaired) electrons. The molecular weight excluding hydrogens is 488 g/mol. The van der Waals surface area contributed by atoms with E-state index in [0.29, 0.717) is 22.8 Å². The van der Waals surface area contributed by atoms with Gasteiger partial charge in [-0.2, -0.15) is 0 Å². The Morgan fingerprint density at radius 1 is 1.03 bits per heavy atom. The second kappa shape index (κ2) is 8.70. The molecule has 2 aliphatic rings. The van der Waals surface area contributed by atoms with Crippen molar-refractivity contribution in [3.63, 3.8) is 0 Å².